The van der Waals surface area contributed by atoms with E-state index in [2.05, 4.69) is 42.4 Å². The Morgan fingerprint density at radius 2 is 1.88 bits per heavy atom. The van der Waals surface area contributed by atoms with Crippen LogP contribution in [0.5, 0.6) is 0 Å². The second kappa shape index (κ2) is 9.59. The molecule has 10 nitrogen and oxygen atoms in total. The van der Waals surface area contributed by atoms with Crippen molar-refractivity contribution in [1.82, 2.24) is 24.8 Å². The van der Waals surface area contributed by atoms with Crippen LogP contribution in [0.25, 0.3) is 11.0 Å². The summed E-state index contributed by atoms with van der Waals surface area (Å²) in [6.45, 7) is 3.59. The number of benzene rings is 2. The second-order valence-corrected chi connectivity index (χ2v) is 10.2. The summed E-state index contributed by atoms with van der Waals surface area (Å²) in [5.74, 6) is 0.597. The number of carbonyl (C=O) groups is 1. The number of piperazine rings is 1. The van der Waals surface area contributed by atoms with Crippen molar-refractivity contribution in [3.8, 4) is 0 Å². The van der Waals surface area contributed by atoms with Crippen LogP contribution < -0.4 is 21.3 Å². The van der Waals surface area contributed by atoms with Gasteiger partial charge in [0.1, 0.15) is 17.4 Å². The maximum absolute atomic E-state index is 13.1. The minimum Gasteiger partial charge on any atom is -0.382 e. The molecule has 2 aromatic heterocycles. The smallest absolute Gasteiger partial charge is 0.382 e. The number of likely N-dealkylation sites (tertiary alicyclic amines) is 1. The molecule has 2 bridgehead atoms. The van der Waals surface area contributed by atoms with Gasteiger partial charge in [0.2, 0.25) is 5.95 Å². The van der Waals surface area contributed by atoms with Gasteiger partial charge in [-0.1, -0.05) is 12.1 Å². The molecule has 0 aliphatic carbocycles. The van der Waals surface area contributed by atoms with Crippen LogP contribution in [-0.2, 0) is 6.18 Å². The zero-order valence-corrected chi connectivity index (χ0v) is 21.7. The molecule has 6 rings (SSSR count). The number of hydrogen-bond donors (Lipinski definition) is 3. The predicted molar refractivity (Wildman–Crippen MR) is 146 cm³/mol. The summed E-state index contributed by atoms with van der Waals surface area (Å²) in [5, 5.41) is 5.77. The number of nitrogens with two attached hydrogens (primary N) is 1. The Balaban J connectivity index is 1.28. The summed E-state index contributed by atoms with van der Waals surface area (Å²) in [6, 6.07) is 10.2. The van der Waals surface area contributed by atoms with Crippen LogP contribution in [0.2, 0.25) is 0 Å². The Hall–Kier alpha value is -4.52. The number of aryl methyl sites for hydroxylation is 1. The number of amides is 1. The first-order valence-electron chi connectivity index (χ1n) is 12.7. The standard InChI is InChI=1S/C27H26F3N9O/c1-14-6-7-15(25(40)34-17-5-3-4-16(9-17)27(28,29)30)8-20(14)35-24-22-21(32-13-33-24)23(31)37-26(36-22)39-12-18-10-19(39)11-38(18)2/h3-9,13,18-19H,10-12H2,1-2H3,(H,34,40)(H2,31,36,37)(H,32,33,35). The molecule has 0 spiro atoms. The number of aromatic nitrogens is 4. The van der Waals surface area contributed by atoms with Gasteiger partial charge in [-0.3, -0.25) is 9.69 Å². The molecule has 2 unspecified atom stereocenters. The van der Waals surface area contributed by atoms with Crippen LogP contribution >= 0.6 is 0 Å². The molecule has 206 valence electrons. The first-order chi connectivity index (χ1) is 19.1. The van der Waals surface area contributed by atoms with Gasteiger partial charge in [-0.05, 0) is 56.3 Å². The summed E-state index contributed by atoms with van der Waals surface area (Å²) in [6.07, 6.45) is -2.11. The Morgan fingerprint density at radius 1 is 1.05 bits per heavy atom. The molecule has 2 atom stereocenters. The van der Waals surface area contributed by atoms with E-state index >= 15 is 0 Å². The van der Waals surface area contributed by atoms with E-state index < -0.39 is 17.6 Å². The van der Waals surface area contributed by atoms with Crippen LogP contribution in [-0.4, -0.2) is 63.0 Å². The number of alkyl halides is 3. The highest BCUT2D eigenvalue weighted by atomic mass is 19.4. The number of anilines is 5. The van der Waals surface area contributed by atoms with E-state index in [0.29, 0.717) is 40.6 Å². The fourth-order valence-electron chi connectivity index (χ4n) is 5.29. The number of halogens is 3. The van der Waals surface area contributed by atoms with Crippen molar-refractivity contribution in [3.63, 3.8) is 0 Å². The third kappa shape index (κ3) is 4.72. The van der Waals surface area contributed by atoms with Crippen molar-refractivity contribution in [2.24, 2.45) is 0 Å². The summed E-state index contributed by atoms with van der Waals surface area (Å²) < 4.78 is 39.2. The van der Waals surface area contributed by atoms with Crippen LogP contribution in [0.3, 0.4) is 0 Å². The number of rotatable bonds is 5. The van der Waals surface area contributed by atoms with Crippen LogP contribution in [0.4, 0.5) is 42.1 Å². The molecule has 4 heterocycles. The molecule has 4 N–H and O–H groups in total. The summed E-state index contributed by atoms with van der Waals surface area (Å²) in [7, 11) is 2.11. The number of nitrogens with one attached hydrogen (secondary N) is 2. The molecule has 1 amide bonds. The maximum atomic E-state index is 13.1. The fraction of sp³-hybridized carbons (Fsp3) is 0.296. The van der Waals surface area contributed by atoms with Gasteiger partial charge in [-0.25, -0.2) is 15.0 Å². The molecule has 40 heavy (non-hydrogen) atoms. The molecular formula is C27H26F3N9O. The molecule has 0 radical (unpaired) electrons. The van der Waals surface area contributed by atoms with Gasteiger partial charge < -0.3 is 21.3 Å². The topological polar surface area (TPSA) is 125 Å². The van der Waals surface area contributed by atoms with E-state index in [1.54, 1.807) is 18.2 Å². The number of likely N-dealkylation sites (N-methyl/N-ethyl adjacent to an activating group) is 1. The molecule has 2 aliphatic rings. The second-order valence-electron chi connectivity index (χ2n) is 10.2. The number of fused-ring (bicyclic) bond motifs is 3. The van der Waals surface area contributed by atoms with Crippen molar-refractivity contribution < 1.29 is 18.0 Å². The lowest BCUT2D eigenvalue weighted by atomic mass is 10.1. The van der Waals surface area contributed by atoms with E-state index in [1.165, 1.54) is 18.5 Å². The van der Waals surface area contributed by atoms with Crippen molar-refractivity contribution in [3.05, 3.63) is 65.5 Å². The number of carbonyl (C=O) groups excluding carboxylic acids is 1. The SMILES string of the molecule is Cc1ccc(C(=O)Nc2cccc(C(F)(F)F)c2)cc1Nc1ncnc2c(N)nc(N3CC4CC3CN4C)nc12. The predicted octanol–water partition coefficient (Wildman–Crippen LogP) is 4.22. The lowest BCUT2D eigenvalue weighted by Crippen LogP contribution is -2.45. The molecule has 2 saturated heterocycles. The Morgan fingerprint density at radius 3 is 2.60 bits per heavy atom. The number of nitrogen functional groups attached to an aromatic ring is 1. The lowest BCUT2D eigenvalue weighted by Gasteiger charge is -2.32. The van der Waals surface area contributed by atoms with Gasteiger partial charge in [0.15, 0.2) is 11.6 Å². The van der Waals surface area contributed by atoms with E-state index in [-0.39, 0.29) is 17.1 Å². The Kier molecular flexibility index (Phi) is 6.17. The van der Waals surface area contributed by atoms with Crippen molar-refractivity contribution >= 4 is 45.9 Å². The van der Waals surface area contributed by atoms with Crippen LogP contribution in [0.15, 0.2) is 48.8 Å². The molecular weight excluding hydrogens is 523 g/mol. The van der Waals surface area contributed by atoms with Crippen LogP contribution in [0, 0.1) is 6.92 Å². The highest BCUT2D eigenvalue weighted by Crippen LogP contribution is 2.35. The molecule has 4 aromatic rings. The minimum absolute atomic E-state index is 0.0400. The van der Waals surface area contributed by atoms with E-state index in [1.807, 2.05) is 6.92 Å². The number of nitrogens with zero attached hydrogens (tertiary/aromatic N) is 6. The van der Waals surface area contributed by atoms with Crippen molar-refractivity contribution in [2.45, 2.75) is 31.6 Å². The molecule has 2 aromatic carbocycles. The first-order valence-corrected chi connectivity index (χ1v) is 12.7. The largest absolute Gasteiger partial charge is 0.416 e. The third-order valence-electron chi connectivity index (χ3n) is 7.47. The maximum Gasteiger partial charge on any atom is 0.416 e. The third-order valence-corrected chi connectivity index (χ3v) is 7.47. The van der Waals surface area contributed by atoms with Crippen LogP contribution in [0.1, 0.15) is 27.9 Å². The lowest BCUT2D eigenvalue weighted by molar-refractivity contribution is -0.137. The first kappa shape index (κ1) is 25.7. The van der Waals surface area contributed by atoms with Gasteiger partial charge in [0, 0.05) is 42.1 Å². The average molecular weight is 550 g/mol. The zero-order chi connectivity index (χ0) is 28.2. The molecule has 2 fully saturated rings. The monoisotopic (exact) mass is 549 g/mol. The van der Waals surface area contributed by atoms with Crippen molar-refractivity contribution in [2.75, 3.05) is 41.4 Å². The summed E-state index contributed by atoms with van der Waals surface area (Å²) in [5.41, 5.74) is 7.95. The zero-order valence-electron chi connectivity index (χ0n) is 21.7. The van der Waals surface area contributed by atoms with E-state index in [0.717, 1.165) is 37.2 Å². The molecule has 0 saturated carbocycles. The fourth-order valence-corrected chi connectivity index (χ4v) is 5.29. The van der Waals surface area contributed by atoms with E-state index in [4.69, 9.17) is 10.7 Å². The molecule has 2 aliphatic heterocycles. The summed E-state index contributed by atoms with van der Waals surface area (Å²) in [4.78, 5) is 35.4. The van der Waals surface area contributed by atoms with Gasteiger partial charge in [0.25, 0.3) is 5.91 Å². The van der Waals surface area contributed by atoms with Gasteiger partial charge in [-0.15, -0.1) is 0 Å². The quantitative estimate of drug-likeness (QED) is 0.336. The highest BCUT2D eigenvalue weighted by Gasteiger charge is 2.42. The average Bonchev–Trinajstić information content (AvgIpc) is 3.50. The van der Waals surface area contributed by atoms with E-state index in [9.17, 15) is 18.0 Å². The normalized spacial score (nSPS) is 18.9. The van der Waals surface area contributed by atoms with Crippen molar-refractivity contribution in [1.29, 1.82) is 0 Å². The Labute approximate surface area is 227 Å². The van der Waals surface area contributed by atoms with Gasteiger partial charge in [0.05, 0.1) is 5.56 Å². The van der Waals surface area contributed by atoms with Gasteiger partial charge in [-0.2, -0.15) is 18.2 Å². The number of hydrogen-bond acceptors (Lipinski definition) is 9. The summed E-state index contributed by atoms with van der Waals surface area (Å²) >= 11 is 0. The molecule has 13 heteroatoms. The van der Waals surface area contributed by atoms with Gasteiger partial charge >= 0.3 is 6.18 Å². The Bertz CT molecular complexity index is 1630. The highest BCUT2D eigenvalue weighted by molar-refractivity contribution is 6.05. The minimum atomic E-state index is -4.51.